The average Bonchev–Trinajstić information content (AvgIpc) is 3.48. The molecule has 0 spiro atoms. The van der Waals surface area contributed by atoms with Gasteiger partial charge in [-0.2, -0.15) is 0 Å². The molecule has 0 saturated carbocycles. The van der Waals surface area contributed by atoms with E-state index in [0.717, 1.165) is 37.8 Å². The molecule has 336 valence electrons. The summed E-state index contributed by atoms with van der Waals surface area (Å²) in [5.74, 6) is 1.94. The van der Waals surface area contributed by atoms with Gasteiger partial charge in [0.15, 0.2) is 0 Å². The molecule has 4 unspecified atom stereocenters. The predicted molar refractivity (Wildman–Crippen MR) is 293 cm³/mol. The zero-order chi connectivity index (χ0) is 46.4. The highest BCUT2D eigenvalue weighted by atomic mass is 32.2. The highest BCUT2D eigenvalue weighted by Gasteiger charge is 2.48. The number of benzene rings is 7. The van der Waals surface area contributed by atoms with E-state index in [-0.39, 0.29) is 5.41 Å². The van der Waals surface area contributed by atoms with Crippen molar-refractivity contribution in [1.29, 1.82) is 0 Å². The standard InChI is InChI=1S/C66H61NS/c1-6-19-48-41-61(57-28-15-14-27-55(57)53(48)20-7-2)67(52-36-37-56-58-29-18-21-44(3)65(58)66(4,5)60(56)43-52)51-35-33-49(39-45-22-10-8-11-23-45)59(42-51)64-50(40-46-24-12-9-13-25-46)32-31-47-34-38-63(64)68-62-30-17-16-26-54(47)62/h6-19,22-33,35-38,41-44,47,58,65H,2,20-21,34,39-40H2,1,3-5H3/b19-6-,32-31-,64-50+. The Balaban J connectivity index is 1.20. The van der Waals surface area contributed by atoms with E-state index < -0.39 is 0 Å². The van der Waals surface area contributed by atoms with Crippen molar-refractivity contribution in [3.8, 4) is 0 Å². The molecule has 4 atom stereocenters. The average molecular weight is 900 g/mol. The van der Waals surface area contributed by atoms with Crippen molar-refractivity contribution in [2.24, 2.45) is 11.8 Å². The highest BCUT2D eigenvalue weighted by Crippen LogP contribution is 2.58. The van der Waals surface area contributed by atoms with Gasteiger partial charge >= 0.3 is 0 Å². The normalized spacial score (nSPS) is 21.6. The lowest BCUT2D eigenvalue weighted by Gasteiger charge is -2.37. The van der Waals surface area contributed by atoms with E-state index in [2.05, 4.69) is 233 Å². The third-order valence-electron chi connectivity index (χ3n) is 15.4. The molecule has 2 heteroatoms. The van der Waals surface area contributed by atoms with Crippen molar-refractivity contribution in [3.63, 3.8) is 0 Å². The lowest BCUT2D eigenvalue weighted by atomic mass is 9.67. The van der Waals surface area contributed by atoms with Gasteiger partial charge in [0.1, 0.15) is 0 Å². The fraction of sp³-hybridized carbons (Fsp3) is 0.212. The first kappa shape index (κ1) is 43.9. The Morgan fingerprint density at radius 3 is 2.21 bits per heavy atom. The number of nitrogens with zero attached hydrogens (tertiary/aromatic N) is 1. The molecule has 68 heavy (non-hydrogen) atoms. The first-order valence-corrected chi connectivity index (χ1v) is 25.6. The van der Waals surface area contributed by atoms with Crippen LogP contribution in [0, 0.1) is 11.8 Å². The number of hydrogen-bond acceptors (Lipinski definition) is 2. The Morgan fingerprint density at radius 2 is 1.43 bits per heavy atom. The maximum atomic E-state index is 4.22. The molecule has 1 aliphatic heterocycles. The summed E-state index contributed by atoms with van der Waals surface area (Å²) in [7, 11) is 0. The van der Waals surface area contributed by atoms with Crippen LogP contribution < -0.4 is 4.90 Å². The first-order valence-electron chi connectivity index (χ1n) is 24.8. The summed E-state index contributed by atoms with van der Waals surface area (Å²) in [6.45, 7) is 13.8. The third-order valence-corrected chi connectivity index (χ3v) is 16.6. The number of anilines is 3. The topological polar surface area (TPSA) is 3.24 Å². The molecule has 2 bridgehead atoms. The van der Waals surface area contributed by atoms with Crippen LogP contribution in [0.3, 0.4) is 0 Å². The van der Waals surface area contributed by atoms with Crippen LogP contribution in [0.25, 0.3) is 22.4 Å². The second-order valence-corrected chi connectivity index (χ2v) is 21.1. The maximum Gasteiger partial charge on any atom is 0.0546 e. The largest absolute Gasteiger partial charge is 0.310 e. The molecule has 0 saturated heterocycles. The molecule has 0 aromatic heterocycles. The molecule has 7 aromatic carbocycles. The van der Waals surface area contributed by atoms with Crippen LogP contribution in [-0.4, -0.2) is 0 Å². The number of thioether (sulfide) groups is 1. The van der Waals surface area contributed by atoms with Crippen molar-refractivity contribution in [1.82, 2.24) is 0 Å². The molecular weight excluding hydrogens is 839 g/mol. The smallest absolute Gasteiger partial charge is 0.0546 e. The van der Waals surface area contributed by atoms with Gasteiger partial charge in [0.05, 0.1) is 5.69 Å². The summed E-state index contributed by atoms with van der Waals surface area (Å²) in [5, 5.41) is 2.50. The second-order valence-electron chi connectivity index (χ2n) is 20.0. The van der Waals surface area contributed by atoms with Gasteiger partial charge in [0, 0.05) is 38.4 Å². The van der Waals surface area contributed by atoms with Crippen LogP contribution in [0.15, 0.2) is 216 Å². The summed E-state index contributed by atoms with van der Waals surface area (Å²) in [4.78, 5) is 5.28. The van der Waals surface area contributed by atoms with E-state index in [1.807, 2.05) is 17.8 Å². The molecule has 0 radical (unpaired) electrons. The van der Waals surface area contributed by atoms with E-state index in [0.29, 0.717) is 23.7 Å². The zero-order valence-corrected chi connectivity index (χ0v) is 40.8. The zero-order valence-electron chi connectivity index (χ0n) is 40.0. The van der Waals surface area contributed by atoms with Gasteiger partial charge in [-0.15, -0.1) is 6.58 Å². The lowest BCUT2D eigenvalue weighted by Crippen LogP contribution is -2.32. The second kappa shape index (κ2) is 18.5. The fourth-order valence-corrected chi connectivity index (χ4v) is 13.6. The van der Waals surface area contributed by atoms with E-state index in [1.54, 1.807) is 0 Å². The van der Waals surface area contributed by atoms with Gasteiger partial charge in [0.2, 0.25) is 0 Å². The molecule has 1 heterocycles. The summed E-state index contributed by atoms with van der Waals surface area (Å²) < 4.78 is 0. The Labute approximate surface area is 409 Å². The quantitative estimate of drug-likeness (QED) is 0.119. The number of rotatable bonds is 11. The van der Waals surface area contributed by atoms with Gasteiger partial charge in [-0.25, -0.2) is 0 Å². The Morgan fingerprint density at radius 1 is 0.721 bits per heavy atom. The van der Waals surface area contributed by atoms with Gasteiger partial charge in [0.25, 0.3) is 0 Å². The summed E-state index contributed by atoms with van der Waals surface area (Å²) in [5.41, 5.74) is 18.4. The van der Waals surface area contributed by atoms with Gasteiger partial charge in [-0.05, 0) is 159 Å². The molecule has 7 aromatic rings. The van der Waals surface area contributed by atoms with Crippen LogP contribution in [0.2, 0.25) is 0 Å². The van der Waals surface area contributed by atoms with Crippen LogP contribution >= 0.6 is 11.8 Å². The van der Waals surface area contributed by atoms with Crippen molar-refractivity contribution in [2.45, 2.75) is 81.9 Å². The predicted octanol–water partition coefficient (Wildman–Crippen LogP) is 18.0. The Bertz CT molecular complexity index is 3210. The van der Waals surface area contributed by atoms with E-state index in [9.17, 15) is 0 Å². The van der Waals surface area contributed by atoms with Crippen molar-refractivity contribution in [3.05, 3.63) is 261 Å². The van der Waals surface area contributed by atoms with Crippen molar-refractivity contribution >= 4 is 51.2 Å². The molecule has 0 fully saturated rings. The van der Waals surface area contributed by atoms with E-state index >= 15 is 0 Å². The van der Waals surface area contributed by atoms with Crippen LogP contribution in [0.4, 0.5) is 17.1 Å². The van der Waals surface area contributed by atoms with E-state index in [1.165, 1.54) is 93.2 Å². The minimum absolute atomic E-state index is 0.0161. The lowest BCUT2D eigenvalue weighted by molar-refractivity contribution is 0.223. The van der Waals surface area contributed by atoms with Crippen LogP contribution in [-0.2, 0) is 24.7 Å². The monoisotopic (exact) mass is 899 g/mol. The summed E-state index contributed by atoms with van der Waals surface area (Å²) in [6, 6.07) is 57.5. The SMILES string of the molecule is C=CCc1c(/C=C\C)cc(N(c2ccc(Cc3ccccc3)c(/C3=C(Cc4ccccc4)/C=C\C4CC=C3Sc3ccccc34)c2)c2ccc3c(c2)C(C)(C)C2C(C)CC=CC32)c2ccccc12. The minimum atomic E-state index is 0.0161. The fourth-order valence-electron chi connectivity index (χ4n) is 12.4. The summed E-state index contributed by atoms with van der Waals surface area (Å²) in [6.07, 6.45) is 23.5. The van der Waals surface area contributed by atoms with Gasteiger partial charge in [-0.1, -0.05) is 196 Å². The Kier molecular flexibility index (Phi) is 11.9. The van der Waals surface area contributed by atoms with Crippen molar-refractivity contribution in [2.75, 3.05) is 4.90 Å². The minimum Gasteiger partial charge on any atom is -0.310 e. The molecule has 3 aliphatic carbocycles. The highest BCUT2D eigenvalue weighted by molar-refractivity contribution is 8.03. The van der Waals surface area contributed by atoms with Crippen LogP contribution in [0.1, 0.15) is 102 Å². The van der Waals surface area contributed by atoms with Gasteiger partial charge in [-0.3, -0.25) is 0 Å². The number of allylic oxidation sites excluding steroid dienone is 9. The molecular formula is C66H61NS. The number of fused-ring (bicyclic) bond motifs is 8. The van der Waals surface area contributed by atoms with Gasteiger partial charge < -0.3 is 4.90 Å². The molecule has 1 nitrogen and oxygen atoms in total. The van der Waals surface area contributed by atoms with E-state index in [4.69, 9.17) is 0 Å². The number of hydrogen-bond donors (Lipinski definition) is 0. The molecule has 11 rings (SSSR count). The maximum absolute atomic E-state index is 4.22. The molecule has 4 aliphatic rings. The third kappa shape index (κ3) is 7.97. The molecule has 0 amide bonds. The summed E-state index contributed by atoms with van der Waals surface area (Å²) >= 11 is 1.95. The molecule has 0 N–H and O–H groups in total. The Hall–Kier alpha value is -6.61. The van der Waals surface area contributed by atoms with Crippen LogP contribution in [0.5, 0.6) is 0 Å². The first-order chi connectivity index (χ1) is 33.3. The van der Waals surface area contributed by atoms with Crippen molar-refractivity contribution < 1.29 is 0 Å².